The molecule has 3 aliphatic carbocycles. The zero-order chi connectivity index (χ0) is 28.2. The molecule has 1 aromatic rings. The molecular formula is C30H38N2O8. The number of ether oxygens (including phenoxy) is 4. The molecule has 1 amide bonds. The summed E-state index contributed by atoms with van der Waals surface area (Å²) < 4.78 is 23.3. The molecule has 5 aliphatic rings. The van der Waals surface area contributed by atoms with E-state index in [9.17, 15) is 19.5 Å². The smallest absolute Gasteiger partial charge is 0.352 e. The molecule has 216 valence electrons. The lowest BCUT2D eigenvalue weighted by molar-refractivity contribution is -0.176. The van der Waals surface area contributed by atoms with Crippen molar-refractivity contribution in [1.29, 1.82) is 0 Å². The molecule has 0 radical (unpaired) electrons. The number of benzene rings is 1. The zero-order valence-corrected chi connectivity index (χ0v) is 23.3. The van der Waals surface area contributed by atoms with Crippen molar-refractivity contribution < 1.29 is 38.4 Å². The highest BCUT2D eigenvalue weighted by Gasteiger charge is 2.72. The van der Waals surface area contributed by atoms with Gasteiger partial charge in [-0.25, -0.2) is 4.79 Å². The minimum absolute atomic E-state index is 0.0533. The van der Waals surface area contributed by atoms with E-state index >= 15 is 0 Å². The van der Waals surface area contributed by atoms with Crippen LogP contribution in [0, 0.1) is 11.8 Å². The van der Waals surface area contributed by atoms with Gasteiger partial charge in [0.2, 0.25) is 5.91 Å². The summed E-state index contributed by atoms with van der Waals surface area (Å²) in [6.07, 6.45) is 4.29. The van der Waals surface area contributed by atoms with Crippen LogP contribution < -0.4 is 20.1 Å². The molecule has 0 aromatic heterocycles. The van der Waals surface area contributed by atoms with Crippen molar-refractivity contribution in [3.05, 3.63) is 35.1 Å². The van der Waals surface area contributed by atoms with Gasteiger partial charge >= 0.3 is 11.9 Å². The largest absolute Gasteiger partial charge is 0.493 e. The van der Waals surface area contributed by atoms with Gasteiger partial charge in [-0.2, -0.15) is 0 Å². The van der Waals surface area contributed by atoms with Crippen LogP contribution in [0.4, 0.5) is 0 Å². The summed E-state index contributed by atoms with van der Waals surface area (Å²) in [6.45, 7) is 4.59. The SMILES string of the molecule is COc1ccc2c3c1O[C@H]1C(OC(=O)[C@H](C)OC(=O)CCNC(=O)[C@@H]4CCCN4)=CC[C@@]4(O)[C@@H](C2)C(C)CC[C@]314. The van der Waals surface area contributed by atoms with E-state index in [0.29, 0.717) is 36.0 Å². The predicted octanol–water partition coefficient (Wildman–Crippen LogP) is 2.05. The number of esters is 2. The normalized spacial score (nSPS) is 33.6. The van der Waals surface area contributed by atoms with Gasteiger partial charge in [0.05, 0.1) is 30.6 Å². The number of methoxy groups -OCH3 is 1. The Morgan fingerprint density at radius 2 is 2.10 bits per heavy atom. The topological polar surface area (TPSA) is 132 Å². The number of nitrogens with one attached hydrogen (secondary N) is 2. The molecule has 1 unspecified atom stereocenters. The molecule has 2 heterocycles. The van der Waals surface area contributed by atoms with E-state index < -0.39 is 35.2 Å². The lowest BCUT2D eigenvalue weighted by atomic mass is 9.45. The summed E-state index contributed by atoms with van der Waals surface area (Å²) in [4.78, 5) is 37.6. The molecule has 6 rings (SSSR count). The van der Waals surface area contributed by atoms with E-state index in [0.717, 1.165) is 43.4 Å². The second kappa shape index (κ2) is 10.1. The third kappa shape index (κ3) is 4.02. The van der Waals surface area contributed by atoms with Crippen LogP contribution in [0.5, 0.6) is 11.5 Å². The fraction of sp³-hybridized carbons (Fsp3) is 0.633. The maximum absolute atomic E-state index is 13.1. The molecule has 2 bridgehead atoms. The van der Waals surface area contributed by atoms with Crippen LogP contribution in [0.25, 0.3) is 0 Å². The van der Waals surface area contributed by atoms with E-state index in [1.165, 1.54) is 6.92 Å². The second-order valence-corrected chi connectivity index (χ2v) is 11.9. The maximum atomic E-state index is 13.1. The van der Waals surface area contributed by atoms with E-state index in [-0.39, 0.29) is 30.8 Å². The molecule has 3 N–H and O–H groups in total. The number of aliphatic hydroxyl groups is 1. The van der Waals surface area contributed by atoms with Crippen LogP contribution in [0.1, 0.15) is 63.5 Å². The number of amides is 1. The Balaban J connectivity index is 1.15. The Bertz CT molecular complexity index is 1260. The van der Waals surface area contributed by atoms with E-state index in [4.69, 9.17) is 18.9 Å². The number of hydrogen-bond donors (Lipinski definition) is 3. The van der Waals surface area contributed by atoms with Crippen molar-refractivity contribution in [2.75, 3.05) is 20.2 Å². The van der Waals surface area contributed by atoms with E-state index in [2.05, 4.69) is 23.6 Å². The molecule has 2 fully saturated rings. The number of hydrogen-bond acceptors (Lipinski definition) is 9. The molecule has 10 nitrogen and oxygen atoms in total. The van der Waals surface area contributed by atoms with Gasteiger partial charge in [0.15, 0.2) is 23.7 Å². The molecule has 7 atom stereocenters. The highest BCUT2D eigenvalue weighted by Crippen LogP contribution is 2.68. The third-order valence-corrected chi connectivity index (χ3v) is 9.80. The van der Waals surface area contributed by atoms with Crippen molar-refractivity contribution >= 4 is 17.8 Å². The van der Waals surface area contributed by atoms with E-state index in [1.54, 1.807) is 13.2 Å². The second-order valence-electron chi connectivity index (χ2n) is 11.9. The number of rotatable bonds is 8. The lowest BCUT2D eigenvalue weighted by Crippen LogP contribution is -2.69. The monoisotopic (exact) mass is 554 g/mol. The summed E-state index contributed by atoms with van der Waals surface area (Å²) in [5.41, 5.74) is 0.327. The maximum Gasteiger partial charge on any atom is 0.352 e. The molecule has 10 heteroatoms. The minimum Gasteiger partial charge on any atom is -0.493 e. The molecule has 1 saturated carbocycles. The fourth-order valence-electron chi connectivity index (χ4n) is 7.79. The summed E-state index contributed by atoms with van der Waals surface area (Å²) in [7, 11) is 1.59. The summed E-state index contributed by atoms with van der Waals surface area (Å²) in [5, 5.41) is 18.1. The average molecular weight is 555 g/mol. The van der Waals surface area contributed by atoms with Gasteiger partial charge in [0.1, 0.15) is 5.76 Å². The van der Waals surface area contributed by atoms with Gasteiger partial charge in [-0.1, -0.05) is 13.0 Å². The molecular weight excluding hydrogens is 516 g/mol. The zero-order valence-electron chi connectivity index (χ0n) is 23.3. The Morgan fingerprint density at radius 1 is 1.27 bits per heavy atom. The minimum atomic E-state index is -1.15. The van der Waals surface area contributed by atoms with Gasteiger partial charge in [-0.15, -0.1) is 0 Å². The van der Waals surface area contributed by atoms with Crippen LogP contribution in [-0.2, 0) is 35.7 Å². The van der Waals surface area contributed by atoms with Gasteiger partial charge < -0.3 is 34.7 Å². The summed E-state index contributed by atoms with van der Waals surface area (Å²) in [5.74, 6) is 0.451. The third-order valence-electron chi connectivity index (χ3n) is 9.80. The first-order valence-electron chi connectivity index (χ1n) is 14.4. The Hall–Kier alpha value is -3.11. The molecule has 40 heavy (non-hydrogen) atoms. The van der Waals surface area contributed by atoms with Gasteiger partial charge in [0.25, 0.3) is 0 Å². The van der Waals surface area contributed by atoms with Crippen molar-refractivity contribution in [3.63, 3.8) is 0 Å². The first kappa shape index (κ1) is 27.1. The van der Waals surface area contributed by atoms with Crippen LogP contribution in [0.3, 0.4) is 0 Å². The lowest BCUT2D eigenvalue weighted by Gasteiger charge is -2.61. The van der Waals surface area contributed by atoms with Crippen molar-refractivity contribution in [2.45, 2.75) is 88.1 Å². The highest BCUT2D eigenvalue weighted by atomic mass is 16.6. The van der Waals surface area contributed by atoms with Gasteiger partial charge in [-0.05, 0) is 81.5 Å². The van der Waals surface area contributed by atoms with Crippen LogP contribution in [-0.4, -0.2) is 67.0 Å². The van der Waals surface area contributed by atoms with Crippen LogP contribution in [0.2, 0.25) is 0 Å². The standard InChI is InChI=1S/C30H38N2O8/c1-16-8-11-29-24-18-6-7-21(37-3)25(24)40-26(29)22(9-12-30(29,36)19(16)15-18)39-28(35)17(2)38-23(33)10-14-32-27(34)20-5-4-13-31-20/h6-7,9,16-17,19-20,26,31,36H,4-5,8,10-15H2,1-3H3,(H,32,34)/t16?,17-,19-,20-,26-,29-,30+/m0/s1. The molecule has 1 saturated heterocycles. The van der Waals surface area contributed by atoms with Crippen molar-refractivity contribution in [3.8, 4) is 11.5 Å². The number of carbonyl (C=O) groups excluding carboxylic acids is 3. The van der Waals surface area contributed by atoms with Crippen LogP contribution in [0.15, 0.2) is 24.0 Å². The Morgan fingerprint density at radius 3 is 2.85 bits per heavy atom. The molecule has 1 spiro atoms. The molecule has 2 aliphatic heterocycles. The predicted molar refractivity (Wildman–Crippen MR) is 143 cm³/mol. The van der Waals surface area contributed by atoms with Crippen molar-refractivity contribution in [2.24, 2.45) is 11.8 Å². The summed E-state index contributed by atoms with van der Waals surface area (Å²) in [6, 6.07) is 3.74. The Kier molecular flexibility index (Phi) is 6.81. The highest BCUT2D eigenvalue weighted by molar-refractivity contribution is 5.83. The summed E-state index contributed by atoms with van der Waals surface area (Å²) >= 11 is 0. The van der Waals surface area contributed by atoms with E-state index in [1.807, 2.05) is 6.07 Å². The molecule has 1 aromatic carbocycles. The fourth-order valence-corrected chi connectivity index (χ4v) is 7.79. The van der Waals surface area contributed by atoms with Crippen LogP contribution >= 0.6 is 0 Å². The van der Waals surface area contributed by atoms with Gasteiger partial charge in [0, 0.05) is 12.1 Å². The average Bonchev–Trinajstić information content (AvgIpc) is 3.59. The quantitative estimate of drug-likeness (QED) is 0.413. The number of carbonyl (C=O) groups is 3. The first-order chi connectivity index (χ1) is 19.2. The van der Waals surface area contributed by atoms with Gasteiger partial charge in [-0.3, -0.25) is 9.59 Å². The van der Waals surface area contributed by atoms with Crippen molar-refractivity contribution in [1.82, 2.24) is 10.6 Å². The Labute approximate surface area is 233 Å². The first-order valence-corrected chi connectivity index (χ1v) is 14.4.